The fourth-order valence-corrected chi connectivity index (χ4v) is 1.65. The van der Waals surface area contributed by atoms with Crippen molar-refractivity contribution in [1.82, 2.24) is 0 Å². The average molecular weight is 282 g/mol. The Morgan fingerprint density at radius 1 is 1.05 bits per heavy atom. The highest BCUT2D eigenvalue weighted by Gasteiger charge is 2.32. The van der Waals surface area contributed by atoms with Crippen LogP contribution in [0.1, 0.15) is 5.56 Å². The van der Waals surface area contributed by atoms with E-state index in [-0.39, 0.29) is 5.69 Å². The number of para-hydroxylation sites is 1. The Kier molecular flexibility index (Phi) is 3.60. The molecule has 0 amide bonds. The highest BCUT2D eigenvalue weighted by molar-refractivity contribution is 5.70. The first kappa shape index (κ1) is 13.9. The van der Waals surface area contributed by atoms with Gasteiger partial charge in [0.1, 0.15) is 5.69 Å². The molecule has 4 nitrogen and oxygen atoms in total. The molecular weight excluding hydrogens is 273 g/mol. The number of hydrogen-bond acceptors (Lipinski definition) is 3. The minimum Gasteiger partial charge on any atom is -0.350 e. The Hall–Kier alpha value is -2.57. The summed E-state index contributed by atoms with van der Waals surface area (Å²) in [6.07, 6.45) is -4.55. The molecular formula is C13H9F3N2O2. The lowest BCUT2D eigenvalue weighted by Crippen LogP contribution is -2.06. The van der Waals surface area contributed by atoms with E-state index < -0.39 is 22.4 Å². The van der Waals surface area contributed by atoms with Gasteiger partial charge in [0.25, 0.3) is 5.69 Å². The van der Waals surface area contributed by atoms with Crippen LogP contribution >= 0.6 is 0 Å². The number of alkyl halides is 3. The van der Waals surface area contributed by atoms with E-state index in [9.17, 15) is 23.3 Å². The summed E-state index contributed by atoms with van der Waals surface area (Å²) in [4.78, 5) is 10.1. The largest absolute Gasteiger partial charge is 0.416 e. The minimum atomic E-state index is -4.55. The minimum absolute atomic E-state index is 0.198. The van der Waals surface area contributed by atoms with E-state index in [1.807, 2.05) is 0 Å². The topological polar surface area (TPSA) is 55.2 Å². The van der Waals surface area contributed by atoms with Gasteiger partial charge in [0.2, 0.25) is 0 Å². The second-order valence-electron chi connectivity index (χ2n) is 3.98. The van der Waals surface area contributed by atoms with Gasteiger partial charge in [-0.15, -0.1) is 0 Å². The highest BCUT2D eigenvalue weighted by atomic mass is 19.4. The first-order valence-corrected chi connectivity index (χ1v) is 5.55. The predicted octanol–water partition coefficient (Wildman–Crippen LogP) is 4.36. The van der Waals surface area contributed by atoms with E-state index in [1.54, 1.807) is 30.3 Å². The van der Waals surface area contributed by atoms with Crippen LogP contribution in [0.3, 0.4) is 0 Å². The lowest BCUT2D eigenvalue weighted by atomic mass is 10.1. The molecule has 0 spiro atoms. The predicted molar refractivity (Wildman–Crippen MR) is 67.8 cm³/mol. The molecule has 0 aliphatic rings. The summed E-state index contributed by atoms with van der Waals surface area (Å²) in [6, 6.07) is 10.5. The van der Waals surface area contributed by atoms with E-state index in [0.717, 1.165) is 12.1 Å². The third kappa shape index (κ3) is 3.05. The van der Waals surface area contributed by atoms with Gasteiger partial charge in [0, 0.05) is 11.8 Å². The summed E-state index contributed by atoms with van der Waals surface area (Å²) in [5.41, 5.74) is -1.09. The summed E-state index contributed by atoms with van der Waals surface area (Å²) in [5, 5.41) is 13.5. The van der Waals surface area contributed by atoms with E-state index in [0.29, 0.717) is 11.8 Å². The van der Waals surface area contributed by atoms with Crippen molar-refractivity contribution < 1.29 is 18.1 Å². The van der Waals surface area contributed by atoms with Crippen LogP contribution in [0.2, 0.25) is 0 Å². The second kappa shape index (κ2) is 5.20. The Labute approximate surface area is 112 Å². The number of nitrogens with one attached hydrogen (secondary N) is 1. The molecule has 0 heterocycles. The van der Waals surface area contributed by atoms with Crippen LogP contribution in [0.4, 0.5) is 30.2 Å². The van der Waals surface area contributed by atoms with Crippen LogP contribution in [0.15, 0.2) is 48.5 Å². The number of benzene rings is 2. The lowest BCUT2D eigenvalue weighted by Gasteiger charge is -2.11. The molecule has 2 rings (SSSR count). The van der Waals surface area contributed by atoms with Crippen LogP contribution in [-0.4, -0.2) is 4.92 Å². The highest BCUT2D eigenvalue weighted by Crippen LogP contribution is 2.35. The molecule has 104 valence electrons. The van der Waals surface area contributed by atoms with Crippen molar-refractivity contribution in [2.24, 2.45) is 0 Å². The van der Waals surface area contributed by atoms with E-state index in [2.05, 4.69) is 5.32 Å². The molecule has 0 saturated carbocycles. The van der Waals surface area contributed by atoms with Crippen molar-refractivity contribution >= 4 is 17.1 Å². The van der Waals surface area contributed by atoms with Crippen LogP contribution < -0.4 is 5.32 Å². The molecule has 0 aliphatic heterocycles. The summed E-state index contributed by atoms with van der Waals surface area (Å²) < 4.78 is 37.9. The van der Waals surface area contributed by atoms with Crippen molar-refractivity contribution in [3.8, 4) is 0 Å². The Balaban J connectivity index is 2.45. The van der Waals surface area contributed by atoms with E-state index in [1.165, 1.54) is 0 Å². The number of nitro groups is 1. The number of rotatable bonds is 3. The maximum absolute atomic E-state index is 12.6. The number of anilines is 2. The fourth-order valence-electron chi connectivity index (χ4n) is 1.65. The summed E-state index contributed by atoms with van der Waals surface area (Å²) in [5.74, 6) is 0. The van der Waals surface area contributed by atoms with E-state index in [4.69, 9.17) is 0 Å². The third-order valence-electron chi connectivity index (χ3n) is 2.57. The van der Waals surface area contributed by atoms with E-state index >= 15 is 0 Å². The maximum atomic E-state index is 12.6. The Morgan fingerprint density at radius 3 is 2.25 bits per heavy atom. The van der Waals surface area contributed by atoms with Gasteiger partial charge >= 0.3 is 6.18 Å². The van der Waals surface area contributed by atoms with Crippen LogP contribution in [0.5, 0.6) is 0 Å². The van der Waals surface area contributed by atoms with Gasteiger partial charge < -0.3 is 5.32 Å². The zero-order chi connectivity index (χ0) is 14.8. The van der Waals surface area contributed by atoms with Crippen molar-refractivity contribution in [3.63, 3.8) is 0 Å². The van der Waals surface area contributed by atoms with Gasteiger partial charge in [-0.05, 0) is 24.3 Å². The zero-order valence-electron chi connectivity index (χ0n) is 10.0. The standard InChI is InChI=1S/C13H9F3N2O2/c14-13(15,16)9-6-7-12(18(19)20)11(8-9)17-10-4-2-1-3-5-10/h1-8,17H. The molecule has 0 aromatic heterocycles. The average Bonchev–Trinajstić information content (AvgIpc) is 2.38. The Bertz CT molecular complexity index is 627. The quantitative estimate of drug-likeness (QED) is 0.672. The van der Waals surface area contributed by atoms with Crippen LogP contribution in [0, 0.1) is 10.1 Å². The van der Waals surface area contributed by atoms with Crippen molar-refractivity contribution in [2.75, 3.05) is 5.32 Å². The number of nitro benzene ring substituents is 1. The number of hydrogen-bond donors (Lipinski definition) is 1. The molecule has 1 N–H and O–H groups in total. The molecule has 20 heavy (non-hydrogen) atoms. The molecule has 0 unspecified atom stereocenters. The second-order valence-corrected chi connectivity index (χ2v) is 3.98. The fraction of sp³-hybridized carbons (Fsp3) is 0.0769. The van der Waals surface area contributed by atoms with Gasteiger partial charge in [-0.1, -0.05) is 18.2 Å². The molecule has 7 heteroatoms. The summed E-state index contributed by atoms with van der Waals surface area (Å²) in [7, 11) is 0. The van der Waals surface area contributed by atoms with Crippen molar-refractivity contribution in [3.05, 3.63) is 64.2 Å². The maximum Gasteiger partial charge on any atom is 0.416 e. The first-order chi connectivity index (χ1) is 9.38. The molecule has 0 radical (unpaired) electrons. The number of nitrogens with zero attached hydrogens (tertiary/aromatic N) is 1. The van der Waals surface area contributed by atoms with Crippen LogP contribution in [-0.2, 0) is 6.18 Å². The van der Waals surface area contributed by atoms with Crippen molar-refractivity contribution in [2.45, 2.75) is 6.18 Å². The zero-order valence-corrected chi connectivity index (χ0v) is 10.0. The molecule has 0 bridgehead atoms. The smallest absolute Gasteiger partial charge is 0.350 e. The molecule has 2 aromatic carbocycles. The third-order valence-corrected chi connectivity index (χ3v) is 2.57. The van der Waals surface area contributed by atoms with Gasteiger partial charge in [-0.2, -0.15) is 13.2 Å². The summed E-state index contributed by atoms with van der Waals surface area (Å²) >= 11 is 0. The van der Waals surface area contributed by atoms with Gasteiger partial charge in [-0.25, -0.2) is 0 Å². The van der Waals surface area contributed by atoms with Gasteiger partial charge in [0.15, 0.2) is 0 Å². The molecule has 0 aliphatic carbocycles. The summed E-state index contributed by atoms with van der Waals surface area (Å²) in [6.45, 7) is 0. The van der Waals surface area contributed by atoms with Gasteiger partial charge in [-0.3, -0.25) is 10.1 Å². The molecule has 0 fully saturated rings. The normalized spacial score (nSPS) is 11.2. The monoisotopic (exact) mass is 282 g/mol. The Morgan fingerprint density at radius 2 is 1.70 bits per heavy atom. The molecule has 0 atom stereocenters. The van der Waals surface area contributed by atoms with Crippen molar-refractivity contribution in [1.29, 1.82) is 0 Å². The number of halogens is 3. The van der Waals surface area contributed by atoms with Crippen LogP contribution in [0.25, 0.3) is 0 Å². The van der Waals surface area contributed by atoms with Gasteiger partial charge in [0.05, 0.1) is 10.5 Å². The SMILES string of the molecule is O=[N+]([O-])c1ccc(C(F)(F)F)cc1Nc1ccccc1. The lowest BCUT2D eigenvalue weighted by molar-refractivity contribution is -0.384. The molecule has 2 aromatic rings. The first-order valence-electron chi connectivity index (χ1n) is 5.55. The molecule has 0 saturated heterocycles.